The Balaban J connectivity index is 2.69. The molecule has 5 nitrogen and oxygen atoms in total. The van der Waals surface area contributed by atoms with Crippen molar-refractivity contribution >= 4 is 16.9 Å². The monoisotopic (exact) mass is 175 g/mol. The molecule has 0 aliphatic carbocycles. The van der Waals surface area contributed by atoms with E-state index in [1.807, 2.05) is 0 Å². The highest BCUT2D eigenvalue weighted by Crippen LogP contribution is 2.08. The van der Waals surface area contributed by atoms with Gasteiger partial charge in [0.25, 0.3) is 0 Å². The molecule has 13 heavy (non-hydrogen) atoms. The highest BCUT2D eigenvalue weighted by Gasteiger charge is 2.05. The third kappa shape index (κ3) is 1.31. The zero-order valence-corrected chi connectivity index (χ0v) is 6.51. The van der Waals surface area contributed by atoms with Gasteiger partial charge in [-0.15, -0.1) is 10.2 Å². The molecule has 0 saturated heterocycles. The fourth-order valence-electron chi connectivity index (χ4n) is 0.990. The van der Waals surface area contributed by atoms with E-state index in [0.717, 1.165) is 0 Å². The SMILES string of the molecule is O=C(O)c1cc2cnccc2nn1. The van der Waals surface area contributed by atoms with Crippen molar-refractivity contribution in [3.8, 4) is 0 Å². The minimum absolute atomic E-state index is 0.0690. The highest BCUT2D eigenvalue weighted by molar-refractivity contribution is 5.89. The Morgan fingerprint density at radius 3 is 3.00 bits per heavy atom. The molecule has 0 aliphatic heterocycles. The van der Waals surface area contributed by atoms with Crippen LogP contribution in [0.5, 0.6) is 0 Å². The van der Waals surface area contributed by atoms with Crippen LogP contribution >= 0.6 is 0 Å². The molecule has 0 spiro atoms. The second-order valence-corrected chi connectivity index (χ2v) is 2.47. The summed E-state index contributed by atoms with van der Waals surface area (Å²) in [5.74, 6) is -1.08. The fourth-order valence-corrected chi connectivity index (χ4v) is 0.990. The van der Waals surface area contributed by atoms with Crippen molar-refractivity contribution < 1.29 is 9.90 Å². The van der Waals surface area contributed by atoms with E-state index in [1.54, 1.807) is 18.5 Å². The van der Waals surface area contributed by atoms with Gasteiger partial charge >= 0.3 is 5.97 Å². The van der Waals surface area contributed by atoms with Gasteiger partial charge in [-0.05, 0) is 12.1 Å². The summed E-state index contributed by atoms with van der Waals surface area (Å²) in [7, 11) is 0. The molecular formula is C8H5N3O2. The molecule has 2 aromatic heterocycles. The number of hydrogen-bond acceptors (Lipinski definition) is 4. The smallest absolute Gasteiger partial charge is 0.356 e. The van der Waals surface area contributed by atoms with Crippen LogP contribution in [0, 0.1) is 0 Å². The Bertz CT molecular complexity index is 470. The maximum Gasteiger partial charge on any atom is 0.356 e. The van der Waals surface area contributed by atoms with Crippen LogP contribution in [0.1, 0.15) is 10.5 Å². The predicted octanol–water partition coefficient (Wildman–Crippen LogP) is 0.723. The van der Waals surface area contributed by atoms with E-state index in [2.05, 4.69) is 15.2 Å². The number of aromatic nitrogens is 3. The molecule has 64 valence electrons. The quantitative estimate of drug-likeness (QED) is 0.691. The van der Waals surface area contributed by atoms with Crippen LogP contribution in [-0.2, 0) is 0 Å². The molecule has 2 aromatic rings. The van der Waals surface area contributed by atoms with Gasteiger partial charge in [0.1, 0.15) is 0 Å². The van der Waals surface area contributed by atoms with Gasteiger partial charge in [-0.1, -0.05) is 0 Å². The van der Waals surface area contributed by atoms with Crippen LogP contribution in [0.15, 0.2) is 24.5 Å². The molecule has 2 rings (SSSR count). The first-order valence-corrected chi connectivity index (χ1v) is 3.58. The first kappa shape index (κ1) is 7.60. The van der Waals surface area contributed by atoms with Crippen molar-refractivity contribution in [1.82, 2.24) is 15.2 Å². The number of rotatable bonds is 1. The van der Waals surface area contributed by atoms with Crippen molar-refractivity contribution in [1.29, 1.82) is 0 Å². The van der Waals surface area contributed by atoms with E-state index < -0.39 is 5.97 Å². The Morgan fingerprint density at radius 2 is 2.23 bits per heavy atom. The summed E-state index contributed by atoms with van der Waals surface area (Å²) in [6, 6.07) is 3.12. The normalized spacial score (nSPS) is 10.2. The Hall–Kier alpha value is -2.04. The Morgan fingerprint density at radius 1 is 1.38 bits per heavy atom. The van der Waals surface area contributed by atoms with Gasteiger partial charge in [0.2, 0.25) is 0 Å². The van der Waals surface area contributed by atoms with Crippen LogP contribution in [0.4, 0.5) is 0 Å². The van der Waals surface area contributed by atoms with E-state index in [1.165, 1.54) is 6.07 Å². The van der Waals surface area contributed by atoms with Gasteiger partial charge in [0.15, 0.2) is 5.69 Å². The largest absolute Gasteiger partial charge is 0.476 e. The minimum Gasteiger partial charge on any atom is -0.476 e. The minimum atomic E-state index is -1.08. The molecule has 0 fully saturated rings. The van der Waals surface area contributed by atoms with Gasteiger partial charge in [0.05, 0.1) is 5.52 Å². The molecule has 0 amide bonds. The van der Waals surface area contributed by atoms with Gasteiger partial charge in [-0.25, -0.2) is 4.79 Å². The van der Waals surface area contributed by atoms with Crippen LogP contribution in [0.3, 0.4) is 0 Å². The molecule has 5 heteroatoms. The number of hydrogen-bond donors (Lipinski definition) is 1. The number of aromatic carboxylic acids is 1. The summed E-state index contributed by atoms with van der Waals surface area (Å²) in [4.78, 5) is 14.4. The molecule has 0 saturated carbocycles. The van der Waals surface area contributed by atoms with E-state index in [0.29, 0.717) is 10.9 Å². The van der Waals surface area contributed by atoms with Crippen LogP contribution < -0.4 is 0 Å². The maximum atomic E-state index is 10.5. The molecule has 2 heterocycles. The van der Waals surface area contributed by atoms with Crippen LogP contribution in [0.25, 0.3) is 10.9 Å². The lowest BCUT2D eigenvalue weighted by Gasteiger charge is -1.95. The number of pyridine rings is 1. The zero-order valence-electron chi connectivity index (χ0n) is 6.51. The second kappa shape index (κ2) is 2.78. The van der Waals surface area contributed by atoms with E-state index in [-0.39, 0.29) is 5.69 Å². The van der Waals surface area contributed by atoms with Crippen molar-refractivity contribution in [3.63, 3.8) is 0 Å². The lowest BCUT2D eigenvalue weighted by Crippen LogP contribution is -2.01. The summed E-state index contributed by atoms with van der Waals surface area (Å²) in [6.07, 6.45) is 3.13. The summed E-state index contributed by atoms with van der Waals surface area (Å²) >= 11 is 0. The van der Waals surface area contributed by atoms with Crippen molar-refractivity contribution in [2.75, 3.05) is 0 Å². The Labute approximate surface area is 73.1 Å². The Kier molecular flexibility index (Phi) is 1.63. The number of nitrogens with zero attached hydrogens (tertiary/aromatic N) is 3. The summed E-state index contributed by atoms with van der Waals surface area (Å²) < 4.78 is 0. The number of carboxylic acid groups (broad SMARTS) is 1. The predicted molar refractivity (Wildman–Crippen MR) is 44.3 cm³/mol. The van der Waals surface area contributed by atoms with Crippen LogP contribution in [-0.4, -0.2) is 26.3 Å². The van der Waals surface area contributed by atoms with Crippen molar-refractivity contribution in [2.24, 2.45) is 0 Å². The molecule has 0 atom stereocenters. The maximum absolute atomic E-state index is 10.5. The van der Waals surface area contributed by atoms with E-state index >= 15 is 0 Å². The zero-order chi connectivity index (χ0) is 9.26. The van der Waals surface area contributed by atoms with Gasteiger partial charge < -0.3 is 5.11 Å². The molecular weight excluding hydrogens is 170 g/mol. The third-order valence-electron chi connectivity index (χ3n) is 1.60. The standard InChI is InChI=1S/C8H5N3O2/c12-8(13)7-3-5-4-9-2-1-6(5)10-11-7/h1-4H,(H,12,13). The molecule has 0 bridgehead atoms. The molecule has 0 unspecified atom stereocenters. The fraction of sp³-hybridized carbons (Fsp3) is 0. The first-order chi connectivity index (χ1) is 6.27. The molecule has 0 aliphatic rings. The van der Waals surface area contributed by atoms with Crippen molar-refractivity contribution in [3.05, 3.63) is 30.2 Å². The van der Waals surface area contributed by atoms with Crippen molar-refractivity contribution in [2.45, 2.75) is 0 Å². The highest BCUT2D eigenvalue weighted by atomic mass is 16.4. The average Bonchev–Trinajstić information content (AvgIpc) is 2.17. The second-order valence-electron chi connectivity index (χ2n) is 2.47. The number of carboxylic acids is 1. The summed E-state index contributed by atoms with van der Waals surface area (Å²) in [5.41, 5.74) is 0.570. The summed E-state index contributed by atoms with van der Waals surface area (Å²) in [5, 5.41) is 16.6. The van der Waals surface area contributed by atoms with Crippen LogP contribution in [0.2, 0.25) is 0 Å². The third-order valence-corrected chi connectivity index (χ3v) is 1.60. The van der Waals surface area contributed by atoms with E-state index in [4.69, 9.17) is 5.11 Å². The lowest BCUT2D eigenvalue weighted by atomic mass is 10.2. The molecule has 1 N–H and O–H groups in total. The topological polar surface area (TPSA) is 76.0 Å². The van der Waals surface area contributed by atoms with Gasteiger partial charge in [-0.2, -0.15) is 0 Å². The van der Waals surface area contributed by atoms with E-state index in [9.17, 15) is 4.79 Å². The molecule has 0 radical (unpaired) electrons. The summed E-state index contributed by atoms with van der Waals surface area (Å²) in [6.45, 7) is 0. The van der Waals surface area contributed by atoms with Gasteiger partial charge in [0, 0.05) is 17.8 Å². The van der Waals surface area contributed by atoms with Gasteiger partial charge in [-0.3, -0.25) is 4.98 Å². The number of fused-ring (bicyclic) bond motifs is 1. The lowest BCUT2D eigenvalue weighted by molar-refractivity contribution is 0.0689. The number of carbonyl (C=O) groups is 1. The average molecular weight is 175 g/mol. The first-order valence-electron chi connectivity index (χ1n) is 3.58. The molecule has 0 aromatic carbocycles.